The van der Waals surface area contributed by atoms with Gasteiger partial charge in [0, 0.05) is 13.5 Å². The second-order valence-corrected chi connectivity index (χ2v) is 5.04. The van der Waals surface area contributed by atoms with Crippen molar-refractivity contribution < 1.29 is 19.1 Å². The molecule has 1 aromatic carbocycles. The summed E-state index contributed by atoms with van der Waals surface area (Å²) in [5.41, 5.74) is 0.436. The molecule has 2 aromatic rings. The van der Waals surface area contributed by atoms with Gasteiger partial charge in [0.15, 0.2) is 16.6 Å². The molecule has 0 unspecified atom stereocenters. The summed E-state index contributed by atoms with van der Waals surface area (Å²) < 4.78 is 13.0. The van der Waals surface area contributed by atoms with E-state index < -0.39 is 5.97 Å². The van der Waals surface area contributed by atoms with Gasteiger partial charge in [-0.1, -0.05) is 23.5 Å². The summed E-state index contributed by atoms with van der Waals surface area (Å²) in [6.45, 7) is 1.58. The zero-order valence-corrected chi connectivity index (χ0v) is 11.3. The van der Waals surface area contributed by atoms with Crippen molar-refractivity contribution in [1.29, 1.82) is 0 Å². The SMILES string of the molecule is CC(=O)c1sc(NCc2cccc(F)c2)nc1C(=O)O. The molecule has 0 atom stereocenters. The second-order valence-electron chi connectivity index (χ2n) is 4.04. The highest BCUT2D eigenvalue weighted by molar-refractivity contribution is 7.17. The Morgan fingerprint density at radius 1 is 1.45 bits per heavy atom. The van der Waals surface area contributed by atoms with Gasteiger partial charge in [-0.15, -0.1) is 0 Å². The predicted octanol–water partition coefficient (Wildman–Crippen LogP) is 2.80. The second kappa shape index (κ2) is 5.79. The molecular formula is C13H11FN2O3S. The van der Waals surface area contributed by atoms with Crippen molar-refractivity contribution in [2.75, 3.05) is 5.32 Å². The number of benzene rings is 1. The summed E-state index contributed by atoms with van der Waals surface area (Å²) >= 11 is 0.973. The summed E-state index contributed by atoms with van der Waals surface area (Å²) in [5, 5.41) is 12.2. The van der Waals surface area contributed by atoms with Crippen LogP contribution in [0.5, 0.6) is 0 Å². The number of rotatable bonds is 5. The number of carboxylic acid groups (broad SMARTS) is 1. The highest BCUT2D eigenvalue weighted by Gasteiger charge is 2.20. The standard InChI is InChI=1S/C13H11FN2O3S/c1-7(17)11-10(12(18)19)16-13(20-11)15-6-8-3-2-4-9(14)5-8/h2-5H,6H2,1H3,(H,15,16)(H,18,19). The maximum absolute atomic E-state index is 13.0. The van der Waals surface area contributed by atoms with E-state index in [4.69, 9.17) is 5.11 Å². The molecule has 1 heterocycles. The van der Waals surface area contributed by atoms with Gasteiger partial charge in [-0.2, -0.15) is 0 Å². The average Bonchev–Trinajstić information content (AvgIpc) is 2.81. The highest BCUT2D eigenvalue weighted by Crippen LogP contribution is 2.24. The molecule has 2 N–H and O–H groups in total. The van der Waals surface area contributed by atoms with Crippen LogP contribution in [0.25, 0.3) is 0 Å². The molecule has 0 bridgehead atoms. The van der Waals surface area contributed by atoms with E-state index in [0.29, 0.717) is 17.2 Å². The number of aromatic carboxylic acids is 1. The smallest absolute Gasteiger partial charge is 0.356 e. The summed E-state index contributed by atoms with van der Waals surface area (Å²) in [5.74, 6) is -1.94. The fourth-order valence-electron chi connectivity index (χ4n) is 1.60. The third kappa shape index (κ3) is 3.18. The molecule has 0 saturated heterocycles. The Balaban J connectivity index is 2.16. The number of carboxylic acids is 1. The number of nitrogens with one attached hydrogen (secondary N) is 1. The van der Waals surface area contributed by atoms with Crippen molar-refractivity contribution in [3.8, 4) is 0 Å². The fraction of sp³-hybridized carbons (Fsp3) is 0.154. The van der Waals surface area contributed by atoms with E-state index in [1.807, 2.05) is 0 Å². The van der Waals surface area contributed by atoms with E-state index in [-0.39, 0.29) is 22.2 Å². The lowest BCUT2D eigenvalue weighted by molar-refractivity contribution is 0.0687. The first kappa shape index (κ1) is 14.1. The molecule has 1 aromatic heterocycles. The summed E-state index contributed by atoms with van der Waals surface area (Å²) in [7, 11) is 0. The quantitative estimate of drug-likeness (QED) is 0.829. The Hall–Kier alpha value is -2.28. The van der Waals surface area contributed by atoms with E-state index in [1.165, 1.54) is 19.1 Å². The molecule has 0 aliphatic rings. The number of thiazole rings is 1. The molecule has 0 radical (unpaired) electrons. The van der Waals surface area contributed by atoms with Crippen LogP contribution in [0, 0.1) is 5.82 Å². The summed E-state index contributed by atoms with van der Waals surface area (Å²) in [6.07, 6.45) is 0. The number of carbonyl (C=O) groups excluding carboxylic acids is 1. The normalized spacial score (nSPS) is 10.3. The number of anilines is 1. The third-order valence-electron chi connectivity index (χ3n) is 2.48. The number of carbonyl (C=O) groups is 2. The first-order chi connectivity index (χ1) is 9.47. The van der Waals surface area contributed by atoms with Crippen molar-refractivity contribution >= 4 is 28.2 Å². The van der Waals surface area contributed by atoms with Gasteiger partial charge in [-0.25, -0.2) is 14.2 Å². The molecule has 0 saturated carbocycles. The van der Waals surface area contributed by atoms with E-state index in [9.17, 15) is 14.0 Å². The first-order valence-corrected chi connectivity index (χ1v) is 6.52. The number of ketones is 1. The predicted molar refractivity (Wildman–Crippen MR) is 72.8 cm³/mol. The van der Waals surface area contributed by atoms with Crippen LogP contribution < -0.4 is 5.32 Å². The van der Waals surface area contributed by atoms with Crippen LogP contribution in [0.1, 0.15) is 32.6 Å². The Bertz CT molecular complexity index is 638. The maximum atomic E-state index is 13.0. The highest BCUT2D eigenvalue weighted by atomic mass is 32.1. The van der Waals surface area contributed by atoms with Crippen molar-refractivity contribution in [3.63, 3.8) is 0 Å². The van der Waals surface area contributed by atoms with Gasteiger partial charge in [0.05, 0.1) is 0 Å². The van der Waals surface area contributed by atoms with Crippen LogP contribution in [0.4, 0.5) is 9.52 Å². The number of halogens is 1. The summed E-state index contributed by atoms with van der Waals surface area (Å²) in [4.78, 5) is 26.3. The molecule has 7 heteroatoms. The number of aromatic nitrogens is 1. The first-order valence-electron chi connectivity index (χ1n) is 5.70. The monoisotopic (exact) mass is 294 g/mol. The zero-order valence-electron chi connectivity index (χ0n) is 10.5. The van der Waals surface area contributed by atoms with E-state index in [2.05, 4.69) is 10.3 Å². The van der Waals surface area contributed by atoms with Crippen LogP contribution in [0.3, 0.4) is 0 Å². The van der Waals surface area contributed by atoms with Gasteiger partial charge in [-0.3, -0.25) is 4.79 Å². The number of nitrogens with zero attached hydrogens (tertiary/aromatic N) is 1. The molecular weight excluding hydrogens is 283 g/mol. The molecule has 5 nitrogen and oxygen atoms in total. The Labute approximate surface area is 118 Å². The molecule has 104 valence electrons. The minimum absolute atomic E-state index is 0.0965. The Morgan fingerprint density at radius 3 is 2.75 bits per heavy atom. The van der Waals surface area contributed by atoms with Gasteiger partial charge < -0.3 is 10.4 Å². The largest absolute Gasteiger partial charge is 0.476 e. The Morgan fingerprint density at radius 2 is 2.20 bits per heavy atom. The molecule has 0 spiro atoms. The topological polar surface area (TPSA) is 79.3 Å². The van der Waals surface area contributed by atoms with Gasteiger partial charge in [0.2, 0.25) is 0 Å². The number of hydrogen-bond donors (Lipinski definition) is 2. The van der Waals surface area contributed by atoms with Crippen molar-refractivity contribution in [1.82, 2.24) is 4.98 Å². The lowest BCUT2D eigenvalue weighted by Crippen LogP contribution is -2.04. The molecule has 0 fully saturated rings. The lowest BCUT2D eigenvalue weighted by atomic mass is 10.2. The van der Waals surface area contributed by atoms with Crippen LogP contribution >= 0.6 is 11.3 Å². The average molecular weight is 294 g/mol. The molecule has 0 amide bonds. The van der Waals surface area contributed by atoms with Crippen LogP contribution in [-0.2, 0) is 6.54 Å². The van der Waals surface area contributed by atoms with Gasteiger partial charge in [0.25, 0.3) is 0 Å². The Kier molecular flexibility index (Phi) is 4.09. The zero-order chi connectivity index (χ0) is 14.7. The number of Topliss-reactive ketones (excluding diaryl/α,β-unsaturated/α-hetero) is 1. The lowest BCUT2D eigenvalue weighted by Gasteiger charge is -2.02. The molecule has 0 aliphatic heterocycles. The van der Waals surface area contributed by atoms with E-state index >= 15 is 0 Å². The van der Waals surface area contributed by atoms with E-state index in [1.54, 1.807) is 12.1 Å². The summed E-state index contributed by atoms with van der Waals surface area (Å²) in [6, 6.07) is 6.01. The van der Waals surface area contributed by atoms with Gasteiger partial charge in [-0.05, 0) is 17.7 Å². The fourth-order valence-corrected chi connectivity index (χ4v) is 2.45. The van der Waals surface area contributed by atoms with Crippen molar-refractivity contribution in [3.05, 3.63) is 46.2 Å². The minimum atomic E-state index is -1.25. The maximum Gasteiger partial charge on any atom is 0.356 e. The van der Waals surface area contributed by atoms with Crippen LogP contribution in [0.15, 0.2) is 24.3 Å². The minimum Gasteiger partial charge on any atom is -0.476 e. The van der Waals surface area contributed by atoms with Crippen molar-refractivity contribution in [2.45, 2.75) is 13.5 Å². The van der Waals surface area contributed by atoms with Crippen LogP contribution in [-0.4, -0.2) is 21.8 Å². The van der Waals surface area contributed by atoms with Crippen LogP contribution in [0.2, 0.25) is 0 Å². The molecule has 0 aliphatic carbocycles. The van der Waals surface area contributed by atoms with Crippen molar-refractivity contribution in [2.24, 2.45) is 0 Å². The third-order valence-corrected chi connectivity index (χ3v) is 3.60. The number of hydrogen-bond acceptors (Lipinski definition) is 5. The molecule has 2 rings (SSSR count). The van der Waals surface area contributed by atoms with Gasteiger partial charge in [0.1, 0.15) is 10.7 Å². The molecule has 20 heavy (non-hydrogen) atoms. The van der Waals surface area contributed by atoms with E-state index in [0.717, 1.165) is 11.3 Å². The van der Waals surface area contributed by atoms with Gasteiger partial charge >= 0.3 is 5.97 Å².